The van der Waals surface area contributed by atoms with Crippen LogP contribution in [0, 0.1) is 0 Å². The third-order valence-electron chi connectivity index (χ3n) is 2.86. The molecule has 3 nitrogen and oxygen atoms in total. The molecule has 0 aliphatic rings. The fourth-order valence-corrected chi connectivity index (χ4v) is 1.88. The molecule has 94 valence electrons. The number of nitrogens with zero attached hydrogens (tertiary/aromatic N) is 1. The van der Waals surface area contributed by atoms with E-state index in [0.29, 0.717) is 0 Å². The normalized spacial score (nSPS) is 10.3. The van der Waals surface area contributed by atoms with Crippen molar-refractivity contribution in [3.05, 3.63) is 48.2 Å². The van der Waals surface area contributed by atoms with Gasteiger partial charge in [-0.05, 0) is 41.4 Å². The topological polar surface area (TPSA) is 37.0 Å². The Labute approximate surface area is 108 Å². The third-order valence-corrected chi connectivity index (χ3v) is 2.86. The quantitative estimate of drug-likeness (QED) is 0.845. The SMILES string of the molecule is CCNCc1cccc(-c2ccnc(NC)c2)c1. The summed E-state index contributed by atoms with van der Waals surface area (Å²) >= 11 is 0. The number of benzene rings is 1. The van der Waals surface area contributed by atoms with Gasteiger partial charge in [0, 0.05) is 19.8 Å². The van der Waals surface area contributed by atoms with Crippen LogP contribution in [0.25, 0.3) is 11.1 Å². The van der Waals surface area contributed by atoms with Crippen LogP contribution < -0.4 is 10.6 Å². The molecule has 1 aromatic carbocycles. The van der Waals surface area contributed by atoms with Crippen molar-refractivity contribution in [1.29, 1.82) is 0 Å². The van der Waals surface area contributed by atoms with Gasteiger partial charge in [-0.2, -0.15) is 0 Å². The van der Waals surface area contributed by atoms with Crippen molar-refractivity contribution in [1.82, 2.24) is 10.3 Å². The van der Waals surface area contributed by atoms with E-state index in [4.69, 9.17) is 0 Å². The van der Waals surface area contributed by atoms with Crippen LogP contribution >= 0.6 is 0 Å². The Morgan fingerprint density at radius 3 is 2.72 bits per heavy atom. The number of pyridine rings is 1. The van der Waals surface area contributed by atoms with Crippen molar-refractivity contribution < 1.29 is 0 Å². The van der Waals surface area contributed by atoms with E-state index >= 15 is 0 Å². The molecule has 0 aliphatic carbocycles. The first-order valence-electron chi connectivity index (χ1n) is 6.27. The van der Waals surface area contributed by atoms with Gasteiger partial charge in [-0.1, -0.05) is 25.1 Å². The van der Waals surface area contributed by atoms with Crippen molar-refractivity contribution in [2.75, 3.05) is 18.9 Å². The summed E-state index contributed by atoms with van der Waals surface area (Å²) in [6.07, 6.45) is 1.83. The summed E-state index contributed by atoms with van der Waals surface area (Å²) in [5.41, 5.74) is 3.72. The molecule has 2 N–H and O–H groups in total. The zero-order chi connectivity index (χ0) is 12.8. The van der Waals surface area contributed by atoms with Gasteiger partial charge in [-0.15, -0.1) is 0 Å². The average Bonchev–Trinajstić information content (AvgIpc) is 2.45. The highest BCUT2D eigenvalue weighted by Gasteiger charge is 2.00. The minimum absolute atomic E-state index is 0.893. The molecule has 1 heterocycles. The van der Waals surface area contributed by atoms with Crippen LogP contribution in [-0.4, -0.2) is 18.6 Å². The van der Waals surface area contributed by atoms with Gasteiger partial charge >= 0.3 is 0 Å². The van der Waals surface area contributed by atoms with Gasteiger partial charge in [0.1, 0.15) is 5.82 Å². The molecule has 2 rings (SSSR count). The summed E-state index contributed by atoms with van der Waals surface area (Å²) in [5.74, 6) is 0.893. The van der Waals surface area contributed by atoms with Gasteiger partial charge in [-0.3, -0.25) is 0 Å². The highest BCUT2D eigenvalue weighted by molar-refractivity contribution is 5.66. The molecule has 0 bridgehead atoms. The molecule has 0 aliphatic heterocycles. The van der Waals surface area contributed by atoms with E-state index in [1.54, 1.807) is 0 Å². The monoisotopic (exact) mass is 241 g/mol. The zero-order valence-electron chi connectivity index (χ0n) is 10.9. The number of aromatic nitrogens is 1. The minimum atomic E-state index is 0.893. The van der Waals surface area contributed by atoms with Gasteiger partial charge < -0.3 is 10.6 Å². The van der Waals surface area contributed by atoms with Crippen LogP contribution in [0.4, 0.5) is 5.82 Å². The van der Waals surface area contributed by atoms with Crippen molar-refractivity contribution in [2.45, 2.75) is 13.5 Å². The van der Waals surface area contributed by atoms with Crippen LogP contribution in [0.2, 0.25) is 0 Å². The van der Waals surface area contributed by atoms with Gasteiger partial charge in [0.05, 0.1) is 0 Å². The predicted octanol–water partition coefficient (Wildman–Crippen LogP) is 2.90. The second kappa shape index (κ2) is 6.17. The van der Waals surface area contributed by atoms with Crippen LogP contribution in [0.5, 0.6) is 0 Å². The van der Waals surface area contributed by atoms with Crippen molar-refractivity contribution in [3.8, 4) is 11.1 Å². The molecular weight excluding hydrogens is 222 g/mol. The summed E-state index contributed by atoms with van der Waals surface area (Å²) in [6.45, 7) is 4.02. The van der Waals surface area contributed by atoms with E-state index in [-0.39, 0.29) is 0 Å². The lowest BCUT2D eigenvalue weighted by Crippen LogP contribution is -2.11. The second-order valence-corrected chi connectivity index (χ2v) is 4.16. The fourth-order valence-electron chi connectivity index (χ4n) is 1.88. The van der Waals surface area contributed by atoms with Crippen molar-refractivity contribution >= 4 is 5.82 Å². The van der Waals surface area contributed by atoms with E-state index in [9.17, 15) is 0 Å². The highest BCUT2D eigenvalue weighted by Crippen LogP contribution is 2.22. The lowest BCUT2D eigenvalue weighted by molar-refractivity contribution is 0.727. The Morgan fingerprint density at radius 1 is 1.11 bits per heavy atom. The molecule has 0 amide bonds. The molecule has 2 aromatic rings. The Kier molecular flexibility index (Phi) is 4.31. The van der Waals surface area contributed by atoms with Crippen molar-refractivity contribution in [2.24, 2.45) is 0 Å². The Bertz CT molecular complexity index is 509. The third kappa shape index (κ3) is 3.08. The molecule has 18 heavy (non-hydrogen) atoms. The molecular formula is C15H19N3. The second-order valence-electron chi connectivity index (χ2n) is 4.16. The summed E-state index contributed by atoms with van der Waals surface area (Å²) in [5, 5.41) is 6.40. The molecule has 3 heteroatoms. The Morgan fingerprint density at radius 2 is 1.94 bits per heavy atom. The van der Waals surface area contributed by atoms with E-state index in [1.165, 1.54) is 16.7 Å². The predicted molar refractivity (Wildman–Crippen MR) is 76.6 cm³/mol. The number of rotatable bonds is 5. The van der Waals surface area contributed by atoms with E-state index in [0.717, 1.165) is 18.9 Å². The van der Waals surface area contributed by atoms with Crippen LogP contribution in [-0.2, 0) is 6.54 Å². The van der Waals surface area contributed by atoms with Crippen LogP contribution in [0.3, 0.4) is 0 Å². The minimum Gasteiger partial charge on any atom is -0.373 e. The first kappa shape index (κ1) is 12.6. The summed E-state index contributed by atoms with van der Waals surface area (Å²) in [6, 6.07) is 12.7. The van der Waals surface area contributed by atoms with E-state index in [2.05, 4.69) is 52.9 Å². The number of hydrogen-bond donors (Lipinski definition) is 2. The molecule has 0 radical (unpaired) electrons. The molecule has 0 saturated heterocycles. The molecule has 0 atom stereocenters. The summed E-state index contributed by atoms with van der Waals surface area (Å²) in [7, 11) is 1.88. The average molecular weight is 241 g/mol. The van der Waals surface area contributed by atoms with Crippen LogP contribution in [0.15, 0.2) is 42.6 Å². The first-order chi connectivity index (χ1) is 8.83. The van der Waals surface area contributed by atoms with E-state index in [1.807, 2.05) is 19.3 Å². The van der Waals surface area contributed by atoms with Gasteiger partial charge in [-0.25, -0.2) is 4.98 Å². The van der Waals surface area contributed by atoms with Gasteiger partial charge in [0.2, 0.25) is 0 Å². The summed E-state index contributed by atoms with van der Waals surface area (Å²) in [4.78, 5) is 4.23. The maximum Gasteiger partial charge on any atom is 0.126 e. The standard InChI is InChI=1S/C15H19N3/c1-3-17-11-12-5-4-6-13(9-12)14-7-8-18-15(10-14)16-2/h4-10,17H,3,11H2,1-2H3,(H,16,18). The van der Waals surface area contributed by atoms with Gasteiger partial charge in [0.15, 0.2) is 0 Å². The zero-order valence-corrected chi connectivity index (χ0v) is 10.9. The smallest absolute Gasteiger partial charge is 0.126 e. The maximum atomic E-state index is 4.23. The molecule has 0 fully saturated rings. The summed E-state index contributed by atoms with van der Waals surface area (Å²) < 4.78 is 0. The molecule has 1 aromatic heterocycles. The lowest BCUT2D eigenvalue weighted by Gasteiger charge is -2.07. The Hall–Kier alpha value is -1.87. The number of nitrogens with one attached hydrogen (secondary N) is 2. The van der Waals surface area contributed by atoms with E-state index < -0.39 is 0 Å². The highest BCUT2D eigenvalue weighted by atomic mass is 14.9. The maximum absolute atomic E-state index is 4.23. The fraction of sp³-hybridized carbons (Fsp3) is 0.267. The van der Waals surface area contributed by atoms with Crippen LogP contribution in [0.1, 0.15) is 12.5 Å². The molecule has 0 unspecified atom stereocenters. The molecule has 0 spiro atoms. The Balaban J connectivity index is 2.26. The number of anilines is 1. The van der Waals surface area contributed by atoms with Gasteiger partial charge in [0.25, 0.3) is 0 Å². The number of hydrogen-bond acceptors (Lipinski definition) is 3. The van der Waals surface area contributed by atoms with Crippen molar-refractivity contribution in [3.63, 3.8) is 0 Å². The largest absolute Gasteiger partial charge is 0.373 e. The molecule has 0 saturated carbocycles. The lowest BCUT2D eigenvalue weighted by atomic mass is 10.0. The first-order valence-corrected chi connectivity index (χ1v) is 6.27.